The molecule has 0 radical (unpaired) electrons. The minimum Gasteiger partial charge on any atom is -0.344 e. The summed E-state index contributed by atoms with van der Waals surface area (Å²) in [7, 11) is 0. The van der Waals surface area contributed by atoms with Crippen LogP contribution in [0.2, 0.25) is 5.02 Å². The number of carbonyl (C=O) groups is 1. The third-order valence-electron chi connectivity index (χ3n) is 4.00. The Balaban J connectivity index is 1.64. The van der Waals surface area contributed by atoms with Gasteiger partial charge in [-0.1, -0.05) is 29.8 Å². The maximum Gasteiger partial charge on any atom is 0.272 e. The molecule has 1 unspecified atom stereocenters. The summed E-state index contributed by atoms with van der Waals surface area (Å²) >= 11 is 7.91. The van der Waals surface area contributed by atoms with Crippen LogP contribution in [0.3, 0.4) is 0 Å². The Bertz CT molecular complexity index is 892. The van der Waals surface area contributed by atoms with Crippen molar-refractivity contribution in [1.82, 2.24) is 15.5 Å². The second kappa shape index (κ2) is 5.91. The fourth-order valence-corrected chi connectivity index (χ4v) is 4.16. The second-order valence-corrected chi connectivity index (χ2v) is 7.04. The van der Waals surface area contributed by atoms with Crippen molar-refractivity contribution >= 4 is 40.2 Å². The smallest absolute Gasteiger partial charge is 0.272 e. The Morgan fingerprint density at radius 1 is 1.30 bits per heavy atom. The van der Waals surface area contributed by atoms with Gasteiger partial charge in [-0.3, -0.25) is 9.89 Å². The molecule has 6 heteroatoms. The molecule has 2 aromatic carbocycles. The van der Waals surface area contributed by atoms with Crippen LogP contribution in [0.4, 0.5) is 0 Å². The molecule has 0 fully saturated rings. The summed E-state index contributed by atoms with van der Waals surface area (Å²) in [5.74, 6) is 0.811. The molecule has 1 aliphatic heterocycles. The van der Waals surface area contributed by atoms with Gasteiger partial charge in [-0.2, -0.15) is 5.10 Å². The minimum atomic E-state index is -0.162. The lowest BCUT2D eigenvalue weighted by Gasteiger charge is -2.25. The molecule has 1 aliphatic rings. The van der Waals surface area contributed by atoms with Crippen molar-refractivity contribution in [1.29, 1.82) is 0 Å². The van der Waals surface area contributed by atoms with Crippen molar-refractivity contribution in [2.24, 2.45) is 0 Å². The molecule has 3 aromatic rings. The van der Waals surface area contributed by atoms with Gasteiger partial charge in [-0.15, -0.1) is 11.8 Å². The first-order chi connectivity index (χ1) is 11.2. The van der Waals surface area contributed by atoms with Gasteiger partial charge >= 0.3 is 0 Å². The van der Waals surface area contributed by atoms with Gasteiger partial charge in [0.15, 0.2) is 5.69 Å². The van der Waals surface area contributed by atoms with Gasteiger partial charge < -0.3 is 5.32 Å². The molecular formula is C17H14ClN3OS. The molecule has 0 spiro atoms. The lowest BCUT2D eigenvalue weighted by atomic mass is 10.0. The van der Waals surface area contributed by atoms with Crippen LogP contribution in [-0.4, -0.2) is 21.9 Å². The first-order valence-corrected chi connectivity index (χ1v) is 8.75. The topological polar surface area (TPSA) is 57.8 Å². The molecule has 1 aromatic heterocycles. The summed E-state index contributed by atoms with van der Waals surface area (Å²) in [4.78, 5) is 13.8. The van der Waals surface area contributed by atoms with Gasteiger partial charge in [0.1, 0.15) is 0 Å². The van der Waals surface area contributed by atoms with Crippen LogP contribution < -0.4 is 5.32 Å². The zero-order valence-electron chi connectivity index (χ0n) is 12.2. The Kier molecular flexibility index (Phi) is 3.75. The highest BCUT2D eigenvalue weighted by atomic mass is 35.5. The molecule has 4 nitrogen and oxygen atoms in total. The molecule has 1 atom stereocenters. The summed E-state index contributed by atoms with van der Waals surface area (Å²) in [5, 5.41) is 11.7. The number of benzene rings is 2. The van der Waals surface area contributed by atoms with E-state index in [1.54, 1.807) is 11.8 Å². The van der Waals surface area contributed by atoms with E-state index in [0.717, 1.165) is 28.6 Å². The Morgan fingerprint density at radius 2 is 2.17 bits per heavy atom. The first kappa shape index (κ1) is 14.6. The number of aromatic nitrogens is 2. The van der Waals surface area contributed by atoms with Crippen LogP contribution in [-0.2, 0) is 0 Å². The van der Waals surface area contributed by atoms with Gasteiger partial charge in [0.2, 0.25) is 0 Å². The van der Waals surface area contributed by atoms with Crippen LogP contribution in [0.15, 0.2) is 47.4 Å². The van der Waals surface area contributed by atoms with Gasteiger partial charge in [-0.05, 0) is 36.2 Å². The molecular weight excluding hydrogens is 330 g/mol. The highest BCUT2D eigenvalue weighted by Crippen LogP contribution is 2.37. The number of hydrogen-bond acceptors (Lipinski definition) is 3. The first-order valence-electron chi connectivity index (χ1n) is 7.38. The number of hydrogen-bond donors (Lipinski definition) is 2. The van der Waals surface area contributed by atoms with Crippen LogP contribution in [0.5, 0.6) is 0 Å². The van der Waals surface area contributed by atoms with E-state index in [4.69, 9.17) is 11.6 Å². The van der Waals surface area contributed by atoms with Crippen LogP contribution >= 0.6 is 23.4 Å². The lowest BCUT2D eigenvalue weighted by Crippen LogP contribution is -2.31. The normalized spacial score (nSPS) is 17.0. The van der Waals surface area contributed by atoms with Crippen LogP contribution in [0.25, 0.3) is 10.9 Å². The summed E-state index contributed by atoms with van der Waals surface area (Å²) in [6, 6.07) is 13.4. The molecule has 116 valence electrons. The van der Waals surface area contributed by atoms with E-state index in [0.29, 0.717) is 10.7 Å². The molecule has 23 heavy (non-hydrogen) atoms. The van der Waals surface area contributed by atoms with Crippen molar-refractivity contribution in [3.8, 4) is 0 Å². The van der Waals surface area contributed by atoms with Crippen molar-refractivity contribution in [3.05, 3.63) is 58.7 Å². The van der Waals surface area contributed by atoms with Crippen molar-refractivity contribution in [2.75, 3.05) is 5.75 Å². The highest BCUT2D eigenvalue weighted by molar-refractivity contribution is 7.99. The molecule has 0 aliphatic carbocycles. The number of fused-ring (bicyclic) bond motifs is 2. The monoisotopic (exact) mass is 343 g/mol. The number of rotatable bonds is 2. The SMILES string of the molecule is O=C(NC1CCSc2ccc(Cl)cc21)c1n[nH]c2ccccc12. The number of halogens is 1. The van der Waals surface area contributed by atoms with E-state index in [1.807, 2.05) is 42.5 Å². The largest absolute Gasteiger partial charge is 0.344 e. The van der Waals surface area contributed by atoms with E-state index in [1.165, 1.54) is 4.90 Å². The minimum absolute atomic E-state index is 0.0343. The molecule has 2 N–H and O–H groups in total. The number of amides is 1. The Hall–Kier alpha value is -1.98. The fraction of sp³-hybridized carbons (Fsp3) is 0.176. The van der Waals surface area contributed by atoms with Crippen molar-refractivity contribution in [3.63, 3.8) is 0 Å². The lowest BCUT2D eigenvalue weighted by molar-refractivity contribution is 0.0931. The third-order valence-corrected chi connectivity index (χ3v) is 5.36. The molecule has 0 bridgehead atoms. The van der Waals surface area contributed by atoms with Crippen molar-refractivity contribution < 1.29 is 4.79 Å². The highest BCUT2D eigenvalue weighted by Gasteiger charge is 2.24. The van der Waals surface area contributed by atoms with Gasteiger partial charge in [-0.25, -0.2) is 0 Å². The predicted molar refractivity (Wildman–Crippen MR) is 93.1 cm³/mol. The maximum atomic E-state index is 12.6. The summed E-state index contributed by atoms with van der Waals surface area (Å²) in [6.45, 7) is 0. The number of para-hydroxylation sites is 1. The third kappa shape index (κ3) is 2.71. The van der Waals surface area contributed by atoms with Crippen LogP contribution in [0, 0.1) is 0 Å². The summed E-state index contributed by atoms with van der Waals surface area (Å²) in [6.07, 6.45) is 0.881. The number of H-pyrrole nitrogens is 1. The predicted octanol–water partition coefficient (Wildman–Crippen LogP) is 4.18. The fourth-order valence-electron chi connectivity index (χ4n) is 2.88. The number of nitrogens with one attached hydrogen (secondary N) is 2. The molecule has 0 saturated carbocycles. The average Bonchev–Trinajstić information content (AvgIpc) is 2.99. The quantitative estimate of drug-likeness (QED) is 0.733. The number of carbonyl (C=O) groups excluding carboxylic acids is 1. The summed E-state index contributed by atoms with van der Waals surface area (Å²) in [5.41, 5.74) is 2.38. The van der Waals surface area contributed by atoms with E-state index in [9.17, 15) is 4.79 Å². The number of thioether (sulfide) groups is 1. The number of aromatic amines is 1. The number of nitrogens with zero attached hydrogens (tertiary/aromatic N) is 1. The molecule has 1 amide bonds. The van der Waals surface area contributed by atoms with E-state index in [2.05, 4.69) is 15.5 Å². The van der Waals surface area contributed by atoms with E-state index in [-0.39, 0.29) is 11.9 Å². The van der Waals surface area contributed by atoms with Crippen LogP contribution in [0.1, 0.15) is 28.5 Å². The molecule has 4 rings (SSSR count). The van der Waals surface area contributed by atoms with E-state index < -0.39 is 0 Å². The van der Waals surface area contributed by atoms with Gasteiger partial charge in [0.25, 0.3) is 5.91 Å². The zero-order chi connectivity index (χ0) is 15.8. The van der Waals surface area contributed by atoms with Gasteiger partial charge in [0.05, 0.1) is 11.6 Å². The van der Waals surface area contributed by atoms with Gasteiger partial charge in [0, 0.05) is 21.1 Å². The molecule has 2 heterocycles. The average molecular weight is 344 g/mol. The summed E-state index contributed by atoms with van der Waals surface area (Å²) < 4.78 is 0. The standard InChI is InChI=1S/C17H14ClN3OS/c18-10-5-6-15-12(9-10)13(7-8-23-15)19-17(22)16-11-3-1-2-4-14(11)20-21-16/h1-6,9,13H,7-8H2,(H,19,22)(H,20,21). The van der Waals surface area contributed by atoms with E-state index >= 15 is 0 Å². The van der Waals surface area contributed by atoms with Crippen molar-refractivity contribution in [2.45, 2.75) is 17.4 Å². The Labute approximate surface area is 142 Å². The second-order valence-electron chi connectivity index (χ2n) is 5.46. The maximum absolute atomic E-state index is 12.6. The Morgan fingerprint density at radius 3 is 3.09 bits per heavy atom. The zero-order valence-corrected chi connectivity index (χ0v) is 13.7. The molecule has 0 saturated heterocycles.